The lowest BCUT2D eigenvalue weighted by atomic mass is 9.58. The van der Waals surface area contributed by atoms with Crippen LogP contribution in [0.5, 0.6) is 0 Å². The zero-order chi connectivity index (χ0) is 17.6. The molecule has 2 aromatic heterocycles. The quantitative estimate of drug-likeness (QED) is 0.926. The molecule has 0 radical (unpaired) electrons. The Bertz CT molecular complexity index is 790. The van der Waals surface area contributed by atoms with Gasteiger partial charge >= 0.3 is 0 Å². The third-order valence-corrected chi connectivity index (χ3v) is 5.82. The highest BCUT2D eigenvalue weighted by Gasteiger charge is 2.56. The monoisotopic (exact) mass is 344 g/mol. The summed E-state index contributed by atoms with van der Waals surface area (Å²) in [6.45, 7) is 5.78. The van der Waals surface area contributed by atoms with E-state index in [0.29, 0.717) is 43.0 Å². The fourth-order valence-electron chi connectivity index (χ4n) is 4.23. The standard InChI is InChI=1S/C19H24N2O4/c1-3-24-17-11-16(22)19(17)6-8-21(9-7-19)18(23)15-10-13-14(25-15)5-4-12(2)20-13/h4-5,10,16-17,22H,3,6-9,11H2,1-2H3/t16-,17-/m1/s1. The average molecular weight is 344 g/mol. The van der Waals surface area contributed by atoms with Crippen LogP contribution in [0, 0.1) is 12.3 Å². The molecule has 2 fully saturated rings. The summed E-state index contributed by atoms with van der Waals surface area (Å²) in [6.07, 6.45) is 2.03. The fraction of sp³-hybridized carbons (Fsp3) is 0.579. The number of aliphatic hydroxyl groups excluding tert-OH is 1. The van der Waals surface area contributed by atoms with E-state index in [2.05, 4.69) is 4.98 Å². The molecule has 6 nitrogen and oxygen atoms in total. The van der Waals surface area contributed by atoms with Crippen LogP contribution in [0.15, 0.2) is 22.6 Å². The van der Waals surface area contributed by atoms with Crippen molar-refractivity contribution in [2.24, 2.45) is 5.41 Å². The molecule has 4 rings (SSSR count). The summed E-state index contributed by atoms with van der Waals surface area (Å²) in [4.78, 5) is 19.0. The second-order valence-corrected chi connectivity index (χ2v) is 7.17. The predicted octanol–water partition coefficient (Wildman–Crippen LogP) is 2.53. The highest BCUT2D eigenvalue weighted by atomic mass is 16.5. The number of aryl methyl sites for hydroxylation is 1. The Morgan fingerprint density at radius 2 is 2.20 bits per heavy atom. The lowest BCUT2D eigenvalue weighted by Gasteiger charge is -2.56. The summed E-state index contributed by atoms with van der Waals surface area (Å²) in [5.74, 6) is 0.229. The summed E-state index contributed by atoms with van der Waals surface area (Å²) < 4.78 is 11.5. The minimum atomic E-state index is -0.320. The smallest absolute Gasteiger partial charge is 0.289 e. The zero-order valence-corrected chi connectivity index (χ0v) is 14.7. The molecule has 0 bridgehead atoms. The number of carbonyl (C=O) groups excluding carboxylic acids is 1. The van der Waals surface area contributed by atoms with Gasteiger partial charge in [-0.3, -0.25) is 4.79 Å². The van der Waals surface area contributed by atoms with Gasteiger partial charge < -0.3 is 19.2 Å². The number of hydrogen-bond acceptors (Lipinski definition) is 5. The first-order valence-electron chi connectivity index (χ1n) is 8.99. The molecule has 0 aromatic carbocycles. The molecule has 2 aliphatic rings. The van der Waals surface area contributed by atoms with Crippen molar-refractivity contribution < 1.29 is 19.1 Å². The molecule has 1 saturated carbocycles. The topological polar surface area (TPSA) is 75.8 Å². The van der Waals surface area contributed by atoms with Gasteiger partial charge in [-0.25, -0.2) is 4.98 Å². The third-order valence-electron chi connectivity index (χ3n) is 5.82. The zero-order valence-electron chi connectivity index (χ0n) is 14.7. The van der Waals surface area contributed by atoms with Gasteiger partial charge in [0.15, 0.2) is 11.3 Å². The Morgan fingerprint density at radius 3 is 2.88 bits per heavy atom. The predicted molar refractivity (Wildman–Crippen MR) is 92.4 cm³/mol. The van der Waals surface area contributed by atoms with Gasteiger partial charge in [0.1, 0.15) is 5.52 Å². The van der Waals surface area contributed by atoms with Gasteiger partial charge in [0.05, 0.1) is 12.2 Å². The number of aliphatic hydroxyl groups is 1. The summed E-state index contributed by atoms with van der Waals surface area (Å²) >= 11 is 0. The highest BCUT2D eigenvalue weighted by Crippen LogP contribution is 2.51. The van der Waals surface area contributed by atoms with Crippen molar-refractivity contribution >= 4 is 17.0 Å². The molecule has 1 aliphatic carbocycles. The van der Waals surface area contributed by atoms with Gasteiger partial charge in [-0.15, -0.1) is 0 Å². The largest absolute Gasteiger partial charge is 0.449 e. The van der Waals surface area contributed by atoms with Crippen LogP contribution in [0.2, 0.25) is 0 Å². The van der Waals surface area contributed by atoms with Crippen molar-refractivity contribution in [3.05, 3.63) is 29.7 Å². The van der Waals surface area contributed by atoms with Crippen LogP contribution in [-0.4, -0.2) is 52.8 Å². The highest BCUT2D eigenvalue weighted by molar-refractivity contribution is 5.95. The van der Waals surface area contributed by atoms with Gasteiger partial charge in [0.25, 0.3) is 5.91 Å². The maximum atomic E-state index is 12.8. The summed E-state index contributed by atoms with van der Waals surface area (Å²) in [5.41, 5.74) is 2.06. The van der Waals surface area contributed by atoms with E-state index in [9.17, 15) is 9.90 Å². The number of piperidine rings is 1. The number of amides is 1. The van der Waals surface area contributed by atoms with Gasteiger partial charge in [-0.1, -0.05) is 0 Å². The van der Waals surface area contributed by atoms with Crippen molar-refractivity contribution in [1.29, 1.82) is 0 Å². The van der Waals surface area contributed by atoms with Crippen LogP contribution >= 0.6 is 0 Å². The Balaban J connectivity index is 1.47. The number of likely N-dealkylation sites (tertiary alicyclic amines) is 1. The van der Waals surface area contributed by atoms with E-state index in [1.165, 1.54) is 0 Å². The first kappa shape index (κ1) is 16.5. The molecular formula is C19H24N2O4. The maximum absolute atomic E-state index is 12.8. The van der Waals surface area contributed by atoms with E-state index in [-0.39, 0.29) is 23.5 Å². The molecule has 134 valence electrons. The van der Waals surface area contributed by atoms with E-state index in [1.54, 1.807) is 6.07 Å². The Morgan fingerprint density at radius 1 is 1.44 bits per heavy atom. The van der Waals surface area contributed by atoms with Gasteiger partial charge in [0, 0.05) is 43.3 Å². The molecule has 1 aliphatic heterocycles. The molecule has 1 N–H and O–H groups in total. The average Bonchev–Trinajstić information content (AvgIpc) is 3.04. The molecule has 2 atom stereocenters. The lowest BCUT2D eigenvalue weighted by Crippen LogP contribution is -2.62. The third kappa shape index (κ3) is 2.64. The maximum Gasteiger partial charge on any atom is 0.289 e. The van der Waals surface area contributed by atoms with Crippen LogP contribution < -0.4 is 0 Å². The first-order chi connectivity index (χ1) is 12.0. The van der Waals surface area contributed by atoms with Gasteiger partial charge in [0.2, 0.25) is 0 Å². The number of pyridine rings is 1. The molecule has 1 spiro atoms. The van der Waals surface area contributed by atoms with E-state index >= 15 is 0 Å². The van der Waals surface area contributed by atoms with Gasteiger partial charge in [-0.2, -0.15) is 0 Å². The SMILES string of the molecule is CCO[C@@H]1C[C@@H](O)C12CCN(C(=O)c1cc3nc(C)ccc3o1)CC2. The first-order valence-corrected chi connectivity index (χ1v) is 8.99. The number of aromatic nitrogens is 1. The fourth-order valence-corrected chi connectivity index (χ4v) is 4.23. The number of rotatable bonds is 3. The second-order valence-electron chi connectivity index (χ2n) is 7.17. The van der Waals surface area contributed by atoms with Crippen LogP contribution in [0.4, 0.5) is 0 Å². The second kappa shape index (κ2) is 6.11. The van der Waals surface area contributed by atoms with Crippen molar-refractivity contribution in [2.45, 2.75) is 45.3 Å². The molecular weight excluding hydrogens is 320 g/mol. The minimum Gasteiger partial charge on any atom is -0.449 e. The summed E-state index contributed by atoms with van der Waals surface area (Å²) in [6, 6.07) is 5.43. The van der Waals surface area contributed by atoms with Crippen molar-refractivity contribution in [1.82, 2.24) is 9.88 Å². The van der Waals surface area contributed by atoms with E-state index in [4.69, 9.17) is 9.15 Å². The van der Waals surface area contributed by atoms with Crippen molar-refractivity contribution in [3.8, 4) is 0 Å². The molecule has 0 unspecified atom stereocenters. The van der Waals surface area contributed by atoms with Gasteiger partial charge in [-0.05, 0) is 38.8 Å². The molecule has 6 heteroatoms. The van der Waals surface area contributed by atoms with Crippen LogP contribution in [0.25, 0.3) is 11.1 Å². The van der Waals surface area contributed by atoms with Crippen LogP contribution in [0.1, 0.15) is 42.4 Å². The Labute approximate surface area is 146 Å². The molecule has 3 heterocycles. The minimum absolute atomic E-state index is 0.104. The van der Waals surface area contributed by atoms with Crippen LogP contribution in [0.3, 0.4) is 0 Å². The normalized spacial score (nSPS) is 25.3. The van der Waals surface area contributed by atoms with Crippen molar-refractivity contribution in [2.75, 3.05) is 19.7 Å². The number of nitrogens with zero attached hydrogens (tertiary/aromatic N) is 2. The van der Waals surface area contributed by atoms with E-state index in [0.717, 1.165) is 18.5 Å². The molecule has 2 aromatic rings. The summed E-state index contributed by atoms with van der Waals surface area (Å²) in [5, 5.41) is 10.3. The molecule has 1 amide bonds. The Kier molecular flexibility index (Phi) is 4.04. The van der Waals surface area contributed by atoms with Crippen LogP contribution in [-0.2, 0) is 4.74 Å². The molecule has 1 saturated heterocycles. The Hall–Kier alpha value is -1.92. The number of ether oxygens (including phenoxy) is 1. The number of fused-ring (bicyclic) bond motifs is 1. The number of furan rings is 1. The van der Waals surface area contributed by atoms with E-state index in [1.807, 2.05) is 30.9 Å². The lowest BCUT2D eigenvalue weighted by molar-refractivity contribution is -0.207. The van der Waals surface area contributed by atoms with E-state index < -0.39 is 0 Å². The molecule has 25 heavy (non-hydrogen) atoms. The summed E-state index contributed by atoms with van der Waals surface area (Å²) in [7, 11) is 0. The number of carbonyl (C=O) groups is 1. The number of hydrogen-bond donors (Lipinski definition) is 1. The van der Waals surface area contributed by atoms with Crippen molar-refractivity contribution in [3.63, 3.8) is 0 Å².